The molecule has 1 aromatic rings. The Balaban J connectivity index is 1.95. The number of furan rings is 1. The van der Waals surface area contributed by atoms with Crippen LogP contribution in [0.4, 0.5) is 0 Å². The fourth-order valence-electron chi connectivity index (χ4n) is 2.49. The van der Waals surface area contributed by atoms with Crippen molar-refractivity contribution in [2.75, 3.05) is 26.2 Å². The second-order valence-corrected chi connectivity index (χ2v) is 4.62. The van der Waals surface area contributed by atoms with Gasteiger partial charge in [0, 0.05) is 13.0 Å². The molecule has 4 N–H and O–H groups in total. The van der Waals surface area contributed by atoms with Crippen molar-refractivity contribution in [1.29, 1.82) is 0 Å². The normalized spacial score (nSPS) is 25.9. The number of nitrogens with one attached hydrogen (secondary N) is 1. The third-order valence-corrected chi connectivity index (χ3v) is 3.37. The summed E-state index contributed by atoms with van der Waals surface area (Å²) in [7, 11) is 0. The van der Waals surface area contributed by atoms with Crippen LogP contribution in [-0.2, 0) is 6.54 Å². The molecular formula is C12H22N2O2+2. The molecule has 4 nitrogen and oxygen atoms in total. The minimum absolute atomic E-state index is 0.291. The van der Waals surface area contributed by atoms with Gasteiger partial charge in [-0.1, -0.05) is 0 Å². The minimum Gasteiger partial charge on any atom is -0.460 e. The maximum Gasteiger partial charge on any atom is 0.158 e. The van der Waals surface area contributed by atoms with Gasteiger partial charge in [0.1, 0.15) is 38.0 Å². The Labute approximate surface area is 96.2 Å². The van der Waals surface area contributed by atoms with Crippen LogP contribution in [0.3, 0.4) is 0 Å². The first-order valence-corrected chi connectivity index (χ1v) is 6.12. The third-order valence-electron chi connectivity index (χ3n) is 3.37. The molecule has 0 aliphatic carbocycles. The van der Waals surface area contributed by atoms with Crippen molar-refractivity contribution < 1.29 is 19.7 Å². The zero-order valence-electron chi connectivity index (χ0n) is 9.91. The molecular weight excluding hydrogens is 204 g/mol. The van der Waals surface area contributed by atoms with Crippen LogP contribution in [0.25, 0.3) is 0 Å². The zero-order valence-corrected chi connectivity index (χ0v) is 9.91. The Morgan fingerprint density at radius 2 is 2.44 bits per heavy atom. The lowest BCUT2D eigenvalue weighted by Gasteiger charge is -2.29. The summed E-state index contributed by atoms with van der Waals surface area (Å²) in [5.74, 6) is 2.05. The lowest BCUT2D eigenvalue weighted by molar-refractivity contribution is -0.983. The van der Waals surface area contributed by atoms with Crippen LogP contribution in [0.2, 0.25) is 0 Å². The van der Waals surface area contributed by atoms with Crippen molar-refractivity contribution >= 4 is 0 Å². The van der Waals surface area contributed by atoms with E-state index in [1.54, 1.807) is 4.90 Å². The average Bonchev–Trinajstić information content (AvgIpc) is 2.67. The molecule has 1 aliphatic rings. The van der Waals surface area contributed by atoms with Gasteiger partial charge in [0.05, 0.1) is 0 Å². The topological polar surface area (TPSA) is 54.4 Å². The van der Waals surface area contributed by atoms with Gasteiger partial charge in [-0.15, -0.1) is 0 Å². The molecule has 90 valence electrons. The number of nitrogens with two attached hydrogens (primary N) is 1. The molecule has 0 amide bonds. The molecule has 2 heterocycles. The number of hydrogen-bond donors (Lipinski definition) is 3. The van der Waals surface area contributed by atoms with Gasteiger partial charge in [0.25, 0.3) is 0 Å². The van der Waals surface area contributed by atoms with Crippen molar-refractivity contribution in [3.05, 3.63) is 23.7 Å². The largest absolute Gasteiger partial charge is 0.460 e. The smallest absolute Gasteiger partial charge is 0.158 e. The highest BCUT2D eigenvalue weighted by molar-refractivity contribution is 5.04. The first-order valence-electron chi connectivity index (χ1n) is 6.12. The van der Waals surface area contributed by atoms with E-state index in [2.05, 4.69) is 11.4 Å². The van der Waals surface area contributed by atoms with Crippen molar-refractivity contribution in [3.8, 4) is 0 Å². The number of aliphatic hydroxyl groups excluding tert-OH is 1. The summed E-state index contributed by atoms with van der Waals surface area (Å²) in [5.41, 5.74) is 0. The van der Waals surface area contributed by atoms with Crippen molar-refractivity contribution in [3.63, 3.8) is 0 Å². The van der Waals surface area contributed by atoms with E-state index in [1.807, 2.05) is 13.0 Å². The van der Waals surface area contributed by atoms with E-state index in [9.17, 15) is 0 Å². The molecule has 0 saturated carbocycles. The van der Waals surface area contributed by atoms with Gasteiger partial charge in [-0.25, -0.2) is 0 Å². The van der Waals surface area contributed by atoms with Gasteiger partial charge < -0.3 is 19.7 Å². The Morgan fingerprint density at radius 1 is 1.56 bits per heavy atom. The van der Waals surface area contributed by atoms with Gasteiger partial charge in [0.2, 0.25) is 0 Å². The molecule has 1 saturated heterocycles. The zero-order chi connectivity index (χ0) is 11.4. The molecule has 0 aromatic carbocycles. The van der Waals surface area contributed by atoms with Crippen molar-refractivity contribution in [1.82, 2.24) is 0 Å². The van der Waals surface area contributed by atoms with E-state index in [4.69, 9.17) is 9.52 Å². The van der Waals surface area contributed by atoms with E-state index in [-0.39, 0.29) is 0 Å². The van der Waals surface area contributed by atoms with Crippen molar-refractivity contribution in [2.24, 2.45) is 0 Å². The number of rotatable bonds is 4. The van der Waals surface area contributed by atoms with E-state index < -0.39 is 0 Å². The highest BCUT2D eigenvalue weighted by Crippen LogP contribution is 2.04. The molecule has 4 heteroatoms. The van der Waals surface area contributed by atoms with Gasteiger partial charge in [-0.2, -0.15) is 0 Å². The fraction of sp³-hybridized carbons (Fsp3) is 0.667. The molecule has 1 aliphatic heterocycles. The first kappa shape index (κ1) is 11.6. The van der Waals surface area contributed by atoms with Gasteiger partial charge in [-0.05, 0) is 19.1 Å². The van der Waals surface area contributed by atoms with Gasteiger partial charge in [0.15, 0.2) is 5.76 Å². The van der Waals surface area contributed by atoms with Gasteiger partial charge >= 0.3 is 0 Å². The molecule has 0 spiro atoms. The summed E-state index contributed by atoms with van der Waals surface area (Å²) >= 11 is 0. The highest BCUT2D eigenvalue weighted by Gasteiger charge is 2.28. The Hall–Kier alpha value is -0.840. The minimum atomic E-state index is 0.291. The monoisotopic (exact) mass is 226 g/mol. The fourth-order valence-corrected chi connectivity index (χ4v) is 2.49. The molecule has 1 aromatic heterocycles. The predicted octanol–water partition coefficient (Wildman–Crippen LogP) is -1.70. The number of piperazine rings is 1. The van der Waals surface area contributed by atoms with Crippen LogP contribution < -0.4 is 10.2 Å². The maximum atomic E-state index is 9.06. The molecule has 0 bridgehead atoms. The lowest BCUT2D eigenvalue weighted by Crippen LogP contribution is -3.23. The molecule has 2 atom stereocenters. The van der Waals surface area contributed by atoms with Crippen LogP contribution in [0.15, 0.2) is 16.5 Å². The Kier molecular flexibility index (Phi) is 3.98. The van der Waals surface area contributed by atoms with E-state index >= 15 is 0 Å². The standard InChI is InChI=1S/C12H20N2O2/c1-10-2-3-12(16-10)9-14-6-5-13-8-11(14)4-7-15/h2-3,11,13,15H,4-9H2,1H3/p+2/t11-/m0/s1. The molecule has 1 fully saturated rings. The first-order chi connectivity index (χ1) is 7.79. The molecule has 1 unspecified atom stereocenters. The van der Waals surface area contributed by atoms with Crippen LogP contribution in [0.5, 0.6) is 0 Å². The van der Waals surface area contributed by atoms with E-state index in [0.717, 1.165) is 37.6 Å². The van der Waals surface area contributed by atoms with Gasteiger partial charge in [-0.3, -0.25) is 0 Å². The van der Waals surface area contributed by atoms with E-state index in [0.29, 0.717) is 12.6 Å². The summed E-state index contributed by atoms with van der Waals surface area (Å²) in [4.78, 5) is 1.55. The van der Waals surface area contributed by atoms with Crippen molar-refractivity contribution in [2.45, 2.75) is 25.9 Å². The second kappa shape index (κ2) is 5.48. The average molecular weight is 226 g/mol. The SMILES string of the molecule is Cc1ccc(C[NH+]2CC[NH2+]C[C@@H]2CCO)o1. The summed E-state index contributed by atoms with van der Waals surface area (Å²) < 4.78 is 5.62. The summed E-state index contributed by atoms with van der Waals surface area (Å²) in [5, 5.41) is 11.4. The second-order valence-electron chi connectivity index (χ2n) is 4.62. The van der Waals surface area contributed by atoms with Crippen LogP contribution in [0.1, 0.15) is 17.9 Å². The van der Waals surface area contributed by atoms with Crippen LogP contribution >= 0.6 is 0 Å². The molecule has 2 rings (SSSR count). The number of quaternary nitrogens is 2. The highest BCUT2D eigenvalue weighted by atomic mass is 16.3. The third kappa shape index (κ3) is 2.84. The van der Waals surface area contributed by atoms with Crippen LogP contribution in [0, 0.1) is 6.92 Å². The number of aliphatic hydroxyl groups is 1. The summed E-state index contributed by atoms with van der Waals surface area (Å²) in [6, 6.07) is 4.65. The summed E-state index contributed by atoms with van der Waals surface area (Å²) in [6.07, 6.45) is 0.894. The maximum absolute atomic E-state index is 9.06. The number of aryl methyl sites for hydroxylation is 1. The molecule has 16 heavy (non-hydrogen) atoms. The van der Waals surface area contributed by atoms with Crippen LogP contribution in [-0.4, -0.2) is 37.4 Å². The lowest BCUT2D eigenvalue weighted by atomic mass is 10.1. The Morgan fingerprint density at radius 3 is 3.12 bits per heavy atom. The quantitative estimate of drug-likeness (QED) is 0.573. The van der Waals surface area contributed by atoms with E-state index in [1.165, 1.54) is 6.54 Å². The number of hydrogen-bond acceptors (Lipinski definition) is 2. The molecule has 0 radical (unpaired) electrons. The predicted molar refractivity (Wildman–Crippen MR) is 60.1 cm³/mol. The summed E-state index contributed by atoms with van der Waals surface area (Å²) in [6.45, 7) is 6.68. The Bertz CT molecular complexity index is 323.